The van der Waals surface area contributed by atoms with Crippen LogP contribution >= 0.6 is 34.5 Å². The number of halogens is 2. The Kier molecular flexibility index (Phi) is 5.72. The van der Waals surface area contributed by atoms with Crippen molar-refractivity contribution in [1.82, 2.24) is 14.4 Å². The Hall–Kier alpha value is -2.94. The third-order valence-corrected chi connectivity index (χ3v) is 5.71. The summed E-state index contributed by atoms with van der Waals surface area (Å²) in [6.07, 6.45) is 3.53. The molecule has 0 fully saturated rings. The summed E-state index contributed by atoms with van der Waals surface area (Å²) in [6, 6.07) is 8.36. The topological polar surface area (TPSA) is 88.4 Å². The molecule has 0 aliphatic heterocycles. The summed E-state index contributed by atoms with van der Waals surface area (Å²) >= 11 is 13.6. The normalized spacial score (nSPS) is 10.9. The molecule has 3 heterocycles. The van der Waals surface area contributed by atoms with Crippen LogP contribution in [0.1, 0.15) is 21.7 Å². The van der Waals surface area contributed by atoms with Gasteiger partial charge in [0.1, 0.15) is 0 Å². The van der Waals surface area contributed by atoms with E-state index in [1.807, 2.05) is 6.92 Å². The lowest BCUT2D eigenvalue weighted by Gasteiger charge is -2.10. The monoisotopic (exact) mass is 459 g/mol. The standard InChI is InChI=1S/C20H15Cl2N5O2S/c1-11-15(10-16(28)26-20-23-7-9-30-20)27-8-3-6-14(18(27)24-11)25-19(29)17-12(21)4-2-5-13(17)22/h2-9H,10H2,1H3,(H,25,29)(H,23,26,28). The molecule has 0 radical (unpaired) electrons. The number of nitrogens with zero attached hydrogens (tertiary/aromatic N) is 3. The number of pyridine rings is 1. The van der Waals surface area contributed by atoms with E-state index in [9.17, 15) is 9.59 Å². The first-order chi connectivity index (χ1) is 14.4. The number of anilines is 2. The average molecular weight is 460 g/mol. The maximum atomic E-state index is 12.8. The van der Waals surface area contributed by atoms with Crippen LogP contribution in [0, 0.1) is 6.92 Å². The molecular weight excluding hydrogens is 445 g/mol. The zero-order chi connectivity index (χ0) is 21.3. The van der Waals surface area contributed by atoms with Crippen LogP contribution in [0.15, 0.2) is 48.1 Å². The van der Waals surface area contributed by atoms with Crippen LogP contribution in [0.2, 0.25) is 10.0 Å². The summed E-state index contributed by atoms with van der Waals surface area (Å²) in [4.78, 5) is 33.8. The molecule has 2 amide bonds. The summed E-state index contributed by atoms with van der Waals surface area (Å²) in [7, 11) is 0. The van der Waals surface area contributed by atoms with Gasteiger partial charge in [0.15, 0.2) is 10.8 Å². The highest BCUT2D eigenvalue weighted by atomic mass is 35.5. The number of amides is 2. The maximum absolute atomic E-state index is 12.8. The minimum Gasteiger partial charge on any atom is -0.319 e. The number of imidazole rings is 1. The van der Waals surface area contributed by atoms with E-state index in [0.717, 1.165) is 0 Å². The lowest BCUT2D eigenvalue weighted by Crippen LogP contribution is -2.16. The predicted molar refractivity (Wildman–Crippen MR) is 119 cm³/mol. The van der Waals surface area contributed by atoms with Crippen molar-refractivity contribution in [2.45, 2.75) is 13.3 Å². The molecule has 152 valence electrons. The zero-order valence-corrected chi connectivity index (χ0v) is 18.0. The molecule has 3 aromatic heterocycles. The van der Waals surface area contributed by atoms with Gasteiger partial charge in [0.05, 0.1) is 39.1 Å². The van der Waals surface area contributed by atoms with Crippen LogP contribution in [0.4, 0.5) is 10.8 Å². The molecule has 0 spiro atoms. The van der Waals surface area contributed by atoms with Gasteiger partial charge in [-0.3, -0.25) is 9.59 Å². The van der Waals surface area contributed by atoms with Gasteiger partial charge in [-0.2, -0.15) is 0 Å². The first-order valence-corrected chi connectivity index (χ1v) is 10.5. The van der Waals surface area contributed by atoms with Crippen molar-refractivity contribution in [3.63, 3.8) is 0 Å². The third-order valence-electron chi connectivity index (χ3n) is 4.39. The number of fused-ring (bicyclic) bond motifs is 1. The number of benzene rings is 1. The first-order valence-electron chi connectivity index (χ1n) is 8.85. The Morgan fingerprint density at radius 3 is 2.60 bits per heavy atom. The van der Waals surface area contributed by atoms with Crippen LogP contribution in [0.25, 0.3) is 5.65 Å². The summed E-state index contributed by atoms with van der Waals surface area (Å²) in [5.41, 5.74) is 2.58. The van der Waals surface area contributed by atoms with Gasteiger partial charge in [-0.05, 0) is 31.2 Å². The van der Waals surface area contributed by atoms with E-state index in [4.69, 9.17) is 23.2 Å². The molecule has 4 aromatic rings. The molecule has 7 nitrogen and oxygen atoms in total. The second kappa shape index (κ2) is 8.43. The van der Waals surface area contributed by atoms with E-state index in [0.29, 0.717) is 27.9 Å². The predicted octanol–water partition coefficient (Wildman–Crippen LogP) is 4.84. The number of carbonyl (C=O) groups excluding carboxylic acids is 2. The Labute approximate surface area is 185 Å². The Balaban J connectivity index is 1.62. The third kappa shape index (κ3) is 4.02. The van der Waals surface area contributed by atoms with Crippen LogP contribution in [-0.4, -0.2) is 26.2 Å². The Bertz CT molecular complexity index is 1230. The van der Waals surface area contributed by atoms with Crippen LogP contribution in [-0.2, 0) is 11.2 Å². The highest BCUT2D eigenvalue weighted by Gasteiger charge is 2.19. The van der Waals surface area contributed by atoms with Crippen LogP contribution in [0.3, 0.4) is 0 Å². The number of aromatic nitrogens is 3. The van der Waals surface area contributed by atoms with Gasteiger partial charge in [0, 0.05) is 17.8 Å². The summed E-state index contributed by atoms with van der Waals surface area (Å²) < 4.78 is 1.78. The Morgan fingerprint density at radius 1 is 1.13 bits per heavy atom. The number of nitrogens with one attached hydrogen (secondary N) is 2. The fourth-order valence-electron chi connectivity index (χ4n) is 3.04. The molecule has 0 atom stereocenters. The molecule has 1 aromatic carbocycles. The quantitative estimate of drug-likeness (QED) is 0.446. The molecule has 0 saturated carbocycles. The minimum atomic E-state index is -0.442. The summed E-state index contributed by atoms with van der Waals surface area (Å²) in [5.74, 6) is -0.644. The molecule has 10 heteroatoms. The molecular formula is C20H15Cl2N5O2S. The van der Waals surface area contributed by atoms with E-state index in [2.05, 4.69) is 20.6 Å². The molecule has 30 heavy (non-hydrogen) atoms. The lowest BCUT2D eigenvalue weighted by atomic mass is 10.2. The molecule has 4 rings (SSSR count). The van der Waals surface area contributed by atoms with Gasteiger partial charge >= 0.3 is 0 Å². The van der Waals surface area contributed by atoms with Crippen LogP contribution in [0.5, 0.6) is 0 Å². The summed E-state index contributed by atoms with van der Waals surface area (Å²) in [6.45, 7) is 1.82. The van der Waals surface area contributed by atoms with Crippen molar-refractivity contribution < 1.29 is 9.59 Å². The number of hydrogen-bond acceptors (Lipinski definition) is 5. The second-order valence-corrected chi connectivity index (χ2v) is 8.08. The maximum Gasteiger partial charge on any atom is 0.258 e. The molecule has 2 N–H and O–H groups in total. The van der Waals surface area contributed by atoms with E-state index < -0.39 is 5.91 Å². The van der Waals surface area contributed by atoms with Crippen molar-refractivity contribution in [2.75, 3.05) is 10.6 Å². The highest BCUT2D eigenvalue weighted by Crippen LogP contribution is 2.27. The summed E-state index contributed by atoms with van der Waals surface area (Å²) in [5, 5.41) is 8.41. The number of carbonyl (C=O) groups is 2. The van der Waals surface area contributed by atoms with E-state index in [1.165, 1.54) is 11.3 Å². The number of rotatable bonds is 5. The number of hydrogen-bond donors (Lipinski definition) is 2. The number of aryl methyl sites for hydroxylation is 1. The van der Waals surface area contributed by atoms with Gasteiger partial charge in [-0.1, -0.05) is 29.3 Å². The average Bonchev–Trinajstić information content (AvgIpc) is 3.31. The minimum absolute atomic E-state index is 0.111. The van der Waals surface area contributed by atoms with E-state index in [-0.39, 0.29) is 27.9 Å². The van der Waals surface area contributed by atoms with Gasteiger partial charge < -0.3 is 15.0 Å². The van der Waals surface area contributed by atoms with Gasteiger partial charge in [-0.25, -0.2) is 9.97 Å². The van der Waals surface area contributed by atoms with Gasteiger partial charge in [0.2, 0.25) is 5.91 Å². The number of thiazole rings is 1. The second-order valence-electron chi connectivity index (χ2n) is 6.37. The van der Waals surface area contributed by atoms with Crippen molar-refractivity contribution in [3.05, 3.63) is 75.1 Å². The largest absolute Gasteiger partial charge is 0.319 e. The molecule has 0 aliphatic carbocycles. The highest BCUT2D eigenvalue weighted by molar-refractivity contribution is 7.13. The molecule has 0 saturated heterocycles. The molecule has 0 aliphatic rings. The van der Waals surface area contributed by atoms with Crippen molar-refractivity contribution in [3.8, 4) is 0 Å². The molecule has 0 unspecified atom stereocenters. The fraction of sp³-hybridized carbons (Fsp3) is 0.100. The van der Waals surface area contributed by atoms with E-state index >= 15 is 0 Å². The van der Waals surface area contributed by atoms with Crippen molar-refractivity contribution in [1.29, 1.82) is 0 Å². The first kappa shape index (κ1) is 20.3. The van der Waals surface area contributed by atoms with Crippen LogP contribution < -0.4 is 10.6 Å². The molecule has 0 bridgehead atoms. The van der Waals surface area contributed by atoms with Gasteiger partial charge in [-0.15, -0.1) is 11.3 Å². The zero-order valence-electron chi connectivity index (χ0n) is 15.6. The Morgan fingerprint density at radius 2 is 1.90 bits per heavy atom. The lowest BCUT2D eigenvalue weighted by molar-refractivity contribution is -0.115. The smallest absolute Gasteiger partial charge is 0.258 e. The van der Waals surface area contributed by atoms with Gasteiger partial charge in [0.25, 0.3) is 5.91 Å². The fourth-order valence-corrected chi connectivity index (χ4v) is 4.15. The van der Waals surface area contributed by atoms with Crippen molar-refractivity contribution >= 4 is 62.8 Å². The van der Waals surface area contributed by atoms with Crippen molar-refractivity contribution in [2.24, 2.45) is 0 Å². The van der Waals surface area contributed by atoms with E-state index in [1.54, 1.807) is 52.5 Å². The SMILES string of the molecule is Cc1nc2c(NC(=O)c3c(Cl)cccc3Cl)cccn2c1CC(=O)Nc1nccs1.